The van der Waals surface area contributed by atoms with Gasteiger partial charge in [0, 0.05) is 10.8 Å². The van der Waals surface area contributed by atoms with E-state index in [-0.39, 0.29) is 11.7 Å². The van der Waals surface area contributed by atoms with E-state index in [0.29, 0.717) is 17.7 Å². The molecule has 0 spiro atoms. The molecule has 1 N–H and O–H groups in total. The van der Waals surface area contributed by atoms with Crippen LogP contribution in [0.15, 0.2) is 36.4 Å². The fraction of sp³-hybridized carbons (Fsp3) is 0.312. The molecule has 0 heterocycles. The van der Waals surface area contributed by atoms with E-state index < -0.39 is 6.10 Å². The highest BCUT2D eigenvalue weighted by molar-refractivity contribution is 5.93. The number of phenols is 1. The van der Waals surface area contributed by atoms with Gasteiger partial charge in [-0.25, -0.2) is 4.79 Å². The fourth-order valence-electron chi connectivity index (χ4n) is 1.93. The van der Waals surface area contributed by atoms with E-state index in [9.17, 15) is 9.90 Å². The van der Waals surface area contributed by atoms with Gasteiger partial charge in [0.2, 0.25) is 0 Å². The molecule has 2 aromatic rings. The van der Waals surface area contributed by atoms with Gasteiger partial charge in [-0.2, -0.15) is 0 Å². The van der Waals surface area contributed by atoms with Crippen molar-refractivity contribution in [2.45, 2.75) is 26.4 Å². The average molecular weight is 274 g/mol. The Kier molecular flexibility index (Phi) is 4.45. The third-order valence-corrected chi connectivity index (χ3v) is 2.94. The third-order valence-electron chi connectivity index (χ3n) is 2.94. The van der Waals surface area contributed by atoms with Crippen molar-refractivity contribution in [3.05, 3.63) is 36.4 Å². The molecule has 0 aliphatic carbocycles. The van der Waals surface area contributed by atoms with Gasteiger partial charge in [-0.1, -0.05) is 31.2 Å². The van der Waals surface area contributed by atoms with E-state index >= 15 is 0 Å². The average Bonchev–Trinajstić information content (AvgIpc) is 2.45. The highest BCUT2D eigenvalue weighted by Gasteiger charge is 2.17. The first-order chi connectivity index (χ1) is 9.63. The smallest absolute Gasteiger partial charge is 0.347 e. The summed E-state index contributed by atoms with van der Waals surface area (Å²) in [4.78, 5) is 11.7. The number of benzene rings is 2. The zero-order chi connectivity index (χ0) is 14.5. The van der Waals surface area contributed by atoms with E-state index in [4.69, 9.17) is 9.47 Å². The second kappa shape index (κ2) is 6.28. The van der Waals surface area contributed by atoms with Crippen LogP contribution in [0.1, 0.15) is 20.3 Å². The number of ether oxygens (including phenoxy) is 2. The van der Waals surface area contributed by atoms with Gasteiger partial charge in [0.1, 0.15) is 11.5 Å². The van der Waals surface area contributed by atoms with Crippen LogP contribution in [0, 0.1) is 0 Å². The Morgan fingerprint density at radius 1 is 1.20 bits per heavy atom. The topological polar surface area (TPSA) is 55.8 Å². The second-order valence-electron chi connectivity index (χ2n) is 4.56. The number of carbonyl (C=O) groups is 1. The minimum absolute atomic E-state index is 0.189. The van der Waals surface area contributed by atoms with Crippen molar-refractivity contribution in [3.8, 4) is 11.5 Å². The van der Waals surface area contributed by atoms with Crippen molar-refractivity contribution in [1.29, 1.82) is 0 Å². The third kappa shape index (κ3) is 3.02. The van der Waals surface area contributed by atoms with E-state index in [1.54, 1.807) is 37.3 Å². The summed E-state index contributed by atoms with van der Waals surface area (Å²) >= 11 is 0. The van der Waals surface area contributed by atoms with Gasteiger partial charge in [0.05, 0.1) is 6.61 Å². The van der Waals surface area contributed by atoms with Crippen LogP contribution in [-0.2, 0) is 9.53 Å². The maximum atomic E-state index is 11.7. The zero-order valence-electron chi connectivity index (χ0n) is 11.6. The normalized spacial score (nSPS) is 12.1. The van der Waals surface area contributed by atoms with Crippen molar-refractivity contribution in [2.24, 2.45) is 0 Å². The van der Waals surface area contributed by atoms with Crippen LogP contribution in [0.3, 0.4) is 0 Å². The first kappa shape index (κ1) is 14.2. The molecule has 4 nitrogen and oxygen atoms in total. The number of hydrogen-bond acceptors (Lipinski definition) is 4. The highest BCUT2D eigenvalue weighted by atomic mass is 16.6. The molecule has 2 aromatic carbocycles. The summed E-state index contributed by atoms with van der Waals surface area (Å²) in [6, 6.07) is 10.6. The lowest BCUT2D eigenvalue weighted by Gasteiger charge is -2.15. The predicted molar refractivity (Wildman–Crippen MR) is 77.0 cm³/mol. The van der Waals surface area contributed by atoms with Crippen molar-refractivity contribution in [2.75, 3.05) is 6.61 Å². The fourth-order valence-corrected chi connectivity index (χ4v) is 1.93. The minimum atomic E-state index is -0.686. The number of aromatic hydroxyl groups is 1. The molecular weight excluding hydrogens is 256 g/mol. The summed E-state index contributed by atoms with van der Waals surface area (Å²) in [5.41, 5.74) is 0. The van der Waals surface area contributed by atoms with Crippen LogP contribution in [-0.4, -0.2) is 23.8 Å². The molecule has 0 amide bonds. The molecule has 2 rings (SSSR count). The van der Waals surface area contributed by atoms with Crippen LogP contribution < -0.4 is 4.74 Å². The van der Waals surface area contributed by atoms with Gasteiger partial charge in [-0.05, 0) is 25.5 Å². The van der Waals surface area contributed by atoms with Crippen molar-refractivity contribution in [1.82, 2.24) is 0 Å². The Morgan fingerprint density at radius 2 is 1.90 bits per heavy atom. The van der Waals surface area contributed by atoms with E-state index in [2.05, 4.69) is 0 Å². The lowest BCUT2D eigenvalue weighted by atomic mass is 10.1. The van der Waals surface area contributed by atoms with Crippen molar-refractivity contribution >= 4 is 16.7 Å². The quantitative estimate of drug-likeness (QED) is 0.850. The summed E-state index contributed by atoms with van der Waals surface area (Å²) < 4.78 is 10.7. The Hall–Kier alpha value is -2.23. The van der Waals surface area contributed by atoms with E-state index in [0.717, 1.165) is 11.8 Å². The Morgan fingerprint density at radius 3 is 2.65 bits per heavy atom. The van der Waals surface area contributed by atoms with E-state index in [1.807, 2.05) is 13.0 Å². The summed E-state index contributed by atoms with van der Waals surface area (Å²) in [7, 11) is 0. The summed E-state index contributed by atoms with van der Waals surface area (Å²) in [5.74, 6) is 0.359. The summed E-state index contributed by atoms with van der Waals surface area (Å²) in [5, 5.41) is 11.3. The number of phenolic OH excluding ortho intramolecular Hbond substituents is 1. The van der Waals surface area contributed by atoms with Gasteiger partial charge in [-0.3, -0.25) is 0 Å². The lowest BCUT2D eigenvalue weighted by molar-refractivity contribution is -0.151. The van der Waals surface area contributed by atoms with E-state index in [1.165, 1.54) is 0 Å². The molecule has 0 bridgehead atoms. The molecule has 0 fully saturated rings. The zero-order valence-corrected chi connectivity index (χ0v) is 11.6. The SMILES string of the molecule is CCCOC(=O)C(C)Oc1cccc2c(O)cccc12. The molecule has 20 heavy (non-hydrogen) atoms. The number of esters is 1. The first-order valence-corrected chi connectivity index (χ1v) is 6.67. The second-order valence-corrected chi connectivity index (χ2v) is 4.56. The molecule has 0 aromatic heterocycles. The van der Waals surface area contributed by atoms with Gasteiger partial charge >= 0.3 is 5.97 Å². The predicted octanol–water partition coefficient (Wildman–Crippen LogP) is 3.27. The van der Waals surface area contributed by atoms with Gasteiger partial charge in [0.25, 0.3) is 0 Å². The number of fused-ring (bicyclic) bond motifs is 1. The van der Waals surface area contributed by atoms with Crippen LogP contribution in [0.2, 0.25) is 0 Å². The molecule has 0 saturated carbocycles. The van der Waals surface area contributed by atoms with Crippen LogP contribution in [0.5, 0.6) is 11.5 Å². The maximum absolute atomic E-state index is 11.7. The molecule has 0 aliphatic rings. The molecular formula is C16H18O4. The number of carbonyl (C=O) groups excluding carboxylic acids is 1. The highest BCUT2D eigenvalue weighted by Crippen LogP contribution is 2.31. The van der Waals surface area contributed by atoms with Crippen LogP contribution >= 0.6 is 0 Å². The molecule has 1 atom stereocenters. The number of rotatable bonds is 5. The molecule has 4 heteroatoms. The first-order valence-electron chi connectivity index (χ1n) is 6.67. The minimum Gasteiger partial charge on any atom is -0.507 e. The molecule has 1 unspecified atom stereocenters. The molecule has 0 radical (unpaired) electrons. The van der Waals surface area contributed by atoms with Crippen molar-refractivity contribution in [3.63, 3.8) is 0 Å². The van der Waals surface area contributed by atoms with Gasteiger partial charge in [0.15, 0.2) is 6.10 Å². The summed E-state index contributed by atoms with van der Waals surface area (Å²) in [6.45, 7) is 3.98. The Bertz CT molecular complexity index is 606. The van der Waals surface area contributed by atoms with Gasteiger partial charge in [-0.15, -0.1) is 0 Å². The Labute approximate surface area is 117 Å². The molecule has 106 valence electrons. The monoisotopic (exact) mass is 274 g/mol. The van der Waals surface area contributed by atoms with Crippen LogP contribution in [0.25, 0.3) is 10.8 Å². The molecule has 0 aliphatic heterocycles. The standard InChI is InChI=1S/C16H18O4/c1-3-10-19-16(18)11(2)20-15-9-5-6-12-13(15)7-4-8-14(12)17/h4-9,11,17H,3,10H2,1-2H3. The largest absolute Gasteiger partial charge is 0.507 e. The Balaban J connectivity index is 2.21. The van der Waals surface area contributed by atoms with Crippen LogP contribution in [0.4, 0.5) is 0 Å². The number of hydrogen-bond donors (Lipinski definition) is 1. The maximum Gasteiger partial charge on any atom is 0.347 e. The van der Waals surface area contributed by atoms with Gasteiger partial charge < -0.3 is 14.6 Å². The summed E-state index contributed by atoms with van der Waals surface area (Å²) in [6.07, 6.45) is 0.0927. The van der Waals surface area contributed by atoms with Crippen molar-refractivity contribution < 1.29 is 19.4 Å². The lowest BCUT2D eigenvalue weighted by Crippen LogP contribution is -2.26. The molecule has 0 saturated heterocycles.